The van der Waals surface area contributed by atoms with Crippen molar-refractivity contribution in [2.24, 2.45) is 11.1 Å². The minimum absolute atomic E-state index is 0.0391. The number of primary amides is 1. The number of nitrogens with zero attached hydrogens (tertiary/aromatic N) is 3. The average molecular weight is 410 g/mol. The van der Waals surface area contributed by atoms with Gasteiger partial charge in [0.05, 0.1) is 23.0 Å². The van der Waals surface area contributed by atoms with E-state index in [0.717, 1.165) is 18.4 Å². The van der Waals surface area contributed by atoms with Gasteiger partial charge in [-0.15, -0.1) is 0 Å². The van der Waals surface area contributed by atoms with E-state index < -0.39 is 11.9 Å². The first-order valence-electron chi connectivity index (χ1n) is 10.0. The maximum absolute atomic E-state index is 13.6. The number of hydrogen-bond donors (Lipinski definition) is 3. The Hall–Kier alpha value is -3.00. The van der Waals surface area contributed by atoms with E-state index in [-0.39, 0.29) is 17.0 Å². The van der Waals surface area contributed by atoms with E-state index in [1.807, 2.05) is 13.1 Å². The fraction of sp³-hybridized carbons (Fsp3) is 0.409. The first-order valence-corrected chi connectivity index (χ1v) is 10.0. The summed E-state index contributed by atoms with van der Waals surface area (Å²) >= 11 is 0. The lowest BCUT2D eigenvalue weighted by molar-refractivity contribution is 0.100. The summed E-state index contributed by atoms with van der Waals surface area (Å²) < 4.78 is 15.3. The fourth-order valence-corrected chi connectivity index (χ4v) is 4.51. The van der Waals surface area contributed by atoms with Crippen molar-refractivity contribution in [1.82, 2.24) is 19.9 Å². The van der Waals surface area contributed by atoms with Gasteiger partial charge in [-0.3, -0.25) is 4.79 Å². The minimum atomic E-state index is -0.550. The highest BCUT2D eigenvalue weighted by molar-refractivity contribution is 6.02. The number of rotatable bonds is 5. The van der Waals surface area contributed by atoms with Crippen LogP contribution in [0, 0.1) is 11.4 Å². The number of anilines is 1. The van der Waals surface area contributed by atoms with Gasteiger partial charge in [0.25, 0.3) is 5.91 Å². The first-order chi connectivity index (χ1) is 14.2. The molecule has 1 unspecified atom stereocenters. The topological polar surface area (TPSA) is 97.3 Å². The molecule has 3 aromatic heterocycles. The zero-order valence-electron chi connectivity index (χ0n) is 17.7. The third kappa shape index (κ3) is 3.11. The van der Waals surface area contributed by atoms with Crippen LogP contribution in [0.5, 0.6) is 0 Å². The van der Waals surface area contributed by atoms with Gasteiger partial charge >= 0.3 is 0 Å². The van der Waals surface area contributed by atoms with Crippen LogP contribution >= 0.6 is 0 Å². The molecule has 0 aromatic carbocycles. The number of aromatic nitrogens is 3. The Morgan fingerprint density at radius 1 is 1.30 bits per heavy atom. The molecule has 2 atom stereocenters. The van der Waals surface area contributed by atoms with Gasteiger partial charge in [0.2, 0.25) is 5.95 Å². The standard InChI is InChI=1S/C22H27FN6O/c1-21(2)17(5-7-22(21,3)25-4)28-19-15(20(24)30)11-27-29-12-14(9-16(19)29)13-6-8-26-18(23)10-13/h6,8-12,17,25,28H,5,7H2,1-4H3,(H2,24,30)/t17-,22?/m1/s1. The third-order valence-corrected chi connectivity index (χ3v) is 7.06. The van der Waals surface area contributed by atoms with Crippen LogP contribution in [0.2, 0.25) is 0 Å². The molecule has 3 heterocycles. The summed E-state index contributed by atoms with van der Waals surface area (Å²) in [6.07, 6.45) is 6.66. The number of fused-ring (bicyclic) bond motifs is 1. The third-order valence-electron chi connectivity index (χ3n) is 7.06. The molecule has 7 nitrogen and oxygen atoms in total. The van der Waals surface area contributed by atoms with E-state index in [1.165, 1.54) is 18.5 Å². The molecule has 0 aliphatic heterocycles. The SMILES string of the molecule is CNC1(C)CC[C@@H](Nc2c(C(N)=O)cnn3cc(-c4ccnc(F)c4)cc23)C1(C)C. The molecule has 1 aliphatic carbocycles. The molecule has 4 N–H and O–H groups in total. The molecule has 0 spiro atoms. The molecule has 0 radical (unpaired) electrons. The lowest BCUT2D eigenvalue weighted by Gasteiger charge is -2.42. The van der Waals surface area contributed by atoms with E-state index in [1.54, 1.807) is 16.8 Å². The number of hydrogen-bond acceptors (Lipinski definition) is 5. The summed E-state index contributed by atoms with van der Waals surface area (Å²) in [7, 11) is 1.98. The van der Waals surface area contributed by atoms with Gasteiger partial charge in [-0.2, -0.15) is 9.49 Å². The number of amides is 1. The maximum Gasteiger partial charge on any atom is 0.252 e. The van der Waals surface area contributed by atoms with E-state index in [9.17, 15) is 9.18 Å². The minimum Gasteiger partial charge on any atom is -0.379 e. The lowest BCUT2D eigenvalue weighted by atomic mass is 9.74. The summed E-state index contributed by atoms with van der Waals surface area (Å²) in [5, 5.41) is 11.4. The van der Waals surface area contributed by atoms with Gasteiger partial charge in [-0.1, -0.05) is 13.8 Å². The first kappa shape index (κ1) is 20.3. The van der Waals surface area contributed by atoms with Gasteiger partial charge < -0.3 is 16.4 Å². The summed E-state index contributed by atoms with van der Waals surface area (Å²) in [6, 6.07) is 5.11. The molecule has 158 valence electrons. The lowest BCUT2D eigenvalue weighted by Crippen LogP contribution is -2.53. The zero-order chi connectivity index (χ0) is 21.7. The predicted molar refractivity (Wildman–Crippen MR) is 115 cm³/mol. The van der Waals surface area contributed by atoms with Crippen molar-refractivity contribution in [3.63, 3.8) is 0 Å². The molecule has 1 amide bonds. The Morgan fingerprint density at radius 2 is 2.07 bits per heavy atom. The normalized spacial score (nSPS) is 23.0. The van der Waals surface area contributed by atoms with Crippen LogP contribution in [0.1, 0.15) is 44.0 Å². The molecular formula is C22H27FN6O. The summed E-state index contributed by atoms with van der Waals surface area (Å²) in [5.74, 6) is -1.09. The predicted octanol–water partition coefficient (Wildman–Crippen LogP) is 3.21. The molecular weight excluding hydrogens is 383 g/mol. The Balaban J connectivity index is 1.81. The van der Waals surface area contributed by atoms with Crippen LogP contribution in [0.15, 0.2) is 36.8 Å². The van der Waals surface area contributed by atoms with Gasteiger partial charge in [0, 0.05) is 41.0 Å². The molecule has 30 heavy (non-hydrogen) atoms. The number of halogens is 1. The number of pyridine rings is 1. The monoisotopic (exact) mass is 410 g/mol. The quantitative estimate of drug-likeness (QED) is 0.561. The summed E-state index contributed by atoms with van der Waals surface area (Å²) in [5.41, 5.74) is 8.71. The highest BCUT2D eigenvalue weighted by Gasteiger charge is 2.51. The number of nitrogens with one attached hydrogen (secondary N) is 2. The second-order valence-corrected chi connectivity index (χ2v) is 8.76. The van der Waals surface area contributed by atoms with Gasteiger partial charge in [0.1, 0.15) is 0 Å². The molecule has 1 fully saturated rings. The fourth-order valence-electron chi connectivity index (χ4n) is 4.51. The summed E-state index contributed by atoms with van der Waals surface area (Å²) in [6.45, 7) is 6.67. The van der Waals surface area contributed by atoms with Crippen molar-refractivity contribution in [2.45, 2.75) is 45.2 Å². The average Bonchev–Trinajstić information content (AvgIpc) is 3.23. The van der Waals surface area contributed by atoms with Crippen molar-refractivity contribution in [1.29, 1.82) is 0 Å². The molecule has 1 saturated carbocycles. The van der Waals surface area contributed by atoms with Gasteiger partial charge in [-0.25, -0.2) is 9.50 Å². The van der Waals surface area contributed by atoms with E-state index in [0.29, 0.717) is 22.3 Å². The molecule has 8 heteroatoms. The Morgan fingerprint density at radius 3 is 2.70 bits per heavy atom. The second kappa shape index (κ2) is 7.05. The molecule has 0 bridgehead atoms. The zero-order valence-corrected chi connectivity index (χ0v) is 17.7. The molecule has 4 rings (SSSR count). The van der Waals surface area contributed by atoms with Crippen LogP contribution in [0.3, 0.4) is 0 Å². The largest absolute Gasteiger partial charge is 0.379 e. The Labute approximate surface area is 174 Å². The molecule has 3 aromatic rings. The van der Waals surface area contributed by atoms with Crippen molar-refractivity contribution in [3.05, 3.63) is 48.3 Å². The van der Waals surface area contributed by atoms with Crippen molar-refractivity contribution < 1.29 is 9.18 Å². The maximum atomic E-state index is 13.6. The van der Waals surface area contributed by atoms with Crippen molar-refractivity contribution in [3.8, 4) is 11.1 Å². The summed E-state index contributed by atoms with van der Waals surface area (Å²) in [4.78, 5) is 15.8. The number of carbonyl (C=O) groups excluding carboxylic acids is 1. The van der Waals surface area contributed by atoms with Crippen LogP contribution in [0.25, 0.3) is 16.6 Å². The number of nitrogens with two attached hydrogens (primary N) is 1. The van der Waals surface area contributed by atoms with Crippen LogP contribution in [-0.2, 0) is 0 Å². The van der Waals surface area contributed by atoms with Gasteiger partial charge in [0.15, 0.2) is 0 Å². The van der Waals surface area contributed by atoms with Crippen LogP contribution < -0.4 is 16.4 Å². The second-order valence-electron chi connectivity index (χ2n) is 8.76. The van der Waals surface area contributed by atoms with Crippen LogP contribution in [0.4, 0.5) is 10.1 Å². The Kier molecular flexibility index (Phi) is 4.77. The number of carbonyl (C=O) groups is 1. The van der Waals surface area contributed by atoms with E-state index in [2.05, 4.69) is 41.5 Å². The molecule has 1 aliphatic rings. The van der Waals surface area contributed by atoms with E-state index >= 15 is 0 Å². The molecule has 0 saturated heterocycles. The highest BCUT2D eigenvalue weighted by Crippen LogP contribution is 2.47. The van der Waals surface area contributed by atoms with E-state index in [4.69, 9.17) is 5.73 Å². The highest BCUT2D eigenvalue weighted by atomic mass is 19.1. The Bertz CT molecular complexity index is 1120. The van der Waals surface area contributed by atoms with Crippen LogP contribution in [-0.4, -0.2) is 39.1 Å². The van der Waals surface area contributed by atoms with Gasteiger partial charge in [-0.05, 0) is 44.5 Å². The van der Waals surface area contributed by atoms with Crippen molar-refractivity contribution >= 4 is 17.1 Å². The van der Waals surface area contributed by atoms with Crippen molar-refractivity contribution in [2.75, 3.05) is 12.4 Å². The smallest absolute Gasteiger partial charge is 0.252 e.